The Hall–Kier alpha value is -0.160. The van der Waals surface area contributed by atoms with Crippen LogP contribution in [0.1, 0.15) is 25.7 Å². The fourth-order valence-electron chi connectivity index (χ4n) is 1.62. The van der Waals surface area contributed by atoms with Crippen LogP contribution in [-0.4, -0.2) is 39.0 Å². The van der Waals surface area contributed by atoms with Gasteiger partial charge in [-0.1, -0.05) is 0 Å². The Bertz CT molecular complexity index is 128. The summed E-state index contributed by atoms with van der Waals surface area (Å²) < 4.78 is 22.1. The third kappa shape index (κ3) is 2.92. The highest BCUT2D eigenvalue weighted by atomic mass is 16.8. The number of hydrogen-bond acceptors (Lipinski definition) is 4. The monoisotopic (exact) mass is 202 g/mol. The minimum absolute atomic E-state index is 0.324. The Kier molecular flexibility index (Phi) is 4.19. The first-order valence-electron chi connectivity index (χ1n) is 5.43. The zero-order chi connectivity index (χ0) is 9.64. The maximum absolute atomic E-state index is 5.53. The predicted molar refractivity (Wildman–Crippen MR) is 49.9 cm³/mol. The van der Waals surface area contributed by atoms with Crippen molar-refractivity contribution in [3.8, 4) is 0 Å². The first-order chi connectivity index (χ1) is 6.97. The lowest BCUT2D eigenvalue weighted by atomic mass is 10.3. The Morgan fingerprint density at radius 2 is 0.786 bits per heavy atom. The van der Waals surface area contributed by atoms with E-state index >= 15 is 0 Å². The summed E-state index contributed by atoms with van der Waals surface area (Å²) in [5, 5.41) is 0. The van der Waals surface area contributed by atoms with E-state index in [1.54, 1.807) is 0 Å². The van der Waals surface area contributed by atoms with Gasteiger partial charge in [0.25, 0.3) is 0 Å². The molecule has 2 fully saturated rings. The summed E-state index contributed by atoms with van der Waals surface area (Å²) in [6, 6.07) is 0. The van der Waals surface area contributed by atoms with Crippen molar-refractivity contribution in [1.82, 2.24) is 0 Å². The van der Waals surface area contributed by atoms with Crippen LogP contribution in [0.4, 0.5) is 0 Å². The highest BCUT2D eigenvalue weighted by molar-refractivity contribution is 4.58. The second-order valence-electron chi connectivity index (χ2n) is 3.63. The summed E-state index contributed by atoms with van der Waals surface area (Å²) in [4.78, 5) is 0. The summed E-state index contributed by atoms with van der Waals surface area (Å²) in [7, 11) is 0. The van der Waals surface area contributed by atoms with Gasteiger partial charge in [-0.05, 0) is 25.7 Å². The highest BCUT2D eigenvalue weighted by Gasteiger charge is 2.27. The Morgan fingerprint density at radius 3 is 1.07 bits per heavy atom. The van der Waals surface area contributed by atoms with Gasteiger partial charge in [0, 0.05) is 0 Å². The van der Waals surface area contributed by atoms with Crippen LogP contribution in [0.25, 0.3) is 0 Å². The lowest BCUT2D eigenvalue weighted by Gasteiger charge is -2.24. The van der Waals surface area contributed by atoms with Crippen LogP contribution in [0.5, 0.6) is 0 Å². The third-order valence-corrected chi connectivity index (χ3v) is 2.43. The van der Waals surface area contributed by atoms with Gasteiger partial charge in [-0.3, -0.25) is 0 Å². The van der Waals surface area contributed by atoms with Gasteiger partial charge in [0.2, 0.25) is 12.6 Å². The first-order valence-corrected chi connectivity index (χ1v) is 5.43. The molecular weight excluding hydrogens is 184 g/mol. The molecule has 0 bridgehead atoms. The Labute approximate surface area is 84.5 Å². The van der Waals surface area contributed by atoms with Crippen molar-refractivity contribution in [2.45, 2.75) is 38.3 Å². The van der Waals surface area contributed by atoms with Gasteiger partial charge in [-0.2, -0.15) is 0 Å². The molecule has 2 heterocycles. The lowest BCUT2D eigenvalue weighted by Crippen LogP contribution is -2.35. The summed E-state index contributed by atoms with van der Waals surface area (Å²) >= 11 is 0. The van der Waals surface area contributed by atoms with Crippen LogP contribution in [0, 0.1) is 0 Å². The minimum atomic E-state index is -0.324. The van der Waals surface area contributed by atoms with Crippen LogP contribution in [0.3, 0.4) is 0 Å². The molecule has 4 nitrogen and oxygen atoms in total. The van der Waals surface area contributed by atoms with E-state index in [-0.39, 0.29) is 12.6 Å². The molecule has 0 aliphatic carbocycles. The molecule has 2 aliphatic rings. The fraction of sp³-hybridized carbons (Fsp3) is 1.00. The molecule has 0 radical (unpaired) electrons. The number of hydrogen-bond donors (Lipinski definition) is 0. The SMILES string of the molecule is C1CCOC(C2OCCCCO2)OC1. The zero-order valence-corrected chi connectivity index (χ0v) is 8.44. The van der Waals surface area contributed by atoms with Crippen molar-refractivity contribution in [3.05, 3.63) is 0 Å². The molecule has 0 atom stereocenters. The van der Waals surface area contributed by atoms with Crippen LogP contribution >= 0.6 is 0 Å². The van der Waals surface area contributed by atoms with Gasteiger partial charge in [-0.25, -0.2) is 0 Å². The summed E-state index contributed by atoms with van der Waals surface area (Å²) in [5.74, 6) is 0. The largest absolute Gasteiger partial charge is 0.348 e. The van der Waals surface area contributed by atoms with Gasteiger partial charge in [0.05, 0.1) is 26.4 Å². The van der Waals surface area contributed by atoms with Crippen LogP contribution < -0.4 is 0 Å². The molecule has 0 aromatic carbocycles. The third-order valence-electron chi connectivity index (χ3n) is 2.43. The van der Waals surface area contributed by atoms with Gasteiger partial charge in [0.1, 0.15) is 0 Å². The summed E-state index contributed by atoms with van der Waals surface area (Å²) in [6.07, 6.45) is 3.59. The lowest BCUT2D eigenvalue weighted by molar-refractivity contribution is -0.273. The molecule has 0 amide bonds. The maximum atomic E-state index is 5.53. The molecule has 0 N–H and O–H groups in total. The molecule has 0 aromatic heterocycles. The smallest absolute Gasteiger partial charge is 0.209 e. The second kappa shape index (κ2) is 5.66. The maximum Gasteiger partial charge on any atom is 0.209 e. The van der Waals surface area contributed by atoms with Crippen LogP contribution in [-0.2, 0) is 18.9 Å². The molecule has 2 aliphatic heterocycles. The Morgan fingerprint density at radius 1 is 0.500 bits per heavy atom. The first kappa shape index (κ1) is 10.4. The fourth-order valence-corrected chi connectivity index (χ4v) is 1.62. The van der Waals surface area contributed by atoms with E-state index in [9.17, 15) is 0 Å². The quantitative estimate of drug-likeness (QED) is 0.642. The second-order valence-corrected chi connectivity index (χ2v) is 3.63. The molecule has 2 rings (SSSR count). The molecule has 0 saturated carbocycles. The van der Waals surface area contributed by atoms with Crippen molar-refractivity contribution in [3.63, 3.8) is 0 Å². The normalized spacial score (nSPS) is 28.3. The average molecular weight is 202 g/mol. The van der Waals surface area contributed by atoms with Crippen LogP contribution in [0.2, 0.25) is 0 Å². The van der Waals surface area contributed by atoms with Crippen molar-refractivity contribution in [2.24, 2.45) is 0 Å². The van der Waals surface area contributed by atoms with Gasteiger partial charge < -0.3 is 18.9 Å². The summed E-state index contributed by atoms with van der Waals surface area (Å²) in [5.41, 5.74) is 0. The van der Waals surface area contributed by atoms with Crippen LogP contribution in [0.15, 0.2) is 0 Å². The number of rotatable bonds is 1. The van der Waals surface area contributed by atoms with Gasteiger partial charge in [0.15, 0.2) is 0 Å². The minimum Gasteiger partial charge on any atom is -0.348 e. The Balaban J connectivity index is 1.83. The molecule has 0 spiro atoms. The standard InChI is InChI=1S/C10H18O4/c1-2-6-12-9(11-5-1)10-13-7-3-4-8-14-10/h9-10H,1-8H2. The number of ether oxygens (including phenoxy) is 4. The van der Waals surface area contributed by atoms with Crippen molar-refractivity contribution < 1.29 is 18.9 Å². The van der Waals surface area contributed by atoms with Crippen molar-refractivity contribution in [2.75, 3.05) is 26.4 Å². The highest BCUT2D eigenvalue weighted by Crippen LogP contribution is 2.16. The van der Waals surface area contributed by atoms with E-state index in [1.807, 2.05) is 0 Å². The molecule has 0 unspecified atom stereocenters. The zero-order valence-electron chi connectivity index (χ0n) is 8.44. The van der Waals surface area contributed by atoms with E-state index in [2.05, 4.69) is 0 Å². The van der Waals surface area contributed by atoms with E-state index in [1.165, 1.54) is 0 Å². The topological polar surface area (TPSA) is 36.9 Å². The molecule has 4 heteroatoms. The predicted octanol–water partition coefficient (Wildman–Crippen LogP) is 1.29. The molecule has 14 heavy (non-hydrogen) atoms. The average Bonchev–Trinajstić information content (AvgIpc) is 2.62. The molecule has 2 saturated heterocycles. The van der Waals surface area contributed by atoms with E-state index in [0.29, 0.717) is 0 Å². The molecule has 0 aromatic rings. The van der Waals surface area contributed by atoms with E-state index in [0.717, 1.165) is 52.1 Å². The molecule has 82 valence electrons. The van der Waals surface area contributed by atoms with Gasteiger partial charge >= 0.3 is 0 Å². The summed E-state index contributed by atoms with van der Waals surface area (Å²) in [6.45, 7) is 2.98. The van der Waals surface area contributed by atoms with Gasteiger partial charge in [-0.15, -0.1) is 0 Å². The van der Waals surface area contributed by atoms with E-state index < -0.39 is 0 Å². The van der Waals surface area contributed by atoms with Crippen molar-refractivity contribution in [1.29, 1.82) is 0 Å². The van der Waals surface area contributed by atoms with Crippen molar-refractivity contribution >= 4 is 0 Å². The van der Waals surface area contributed by atoms with E-state index in [4.69, 9.17) is 18.9 Å². The molecular formula is C10H18O4.